The van der Waals surface area contributed by atoms with Crippen LogP contribution < -0.4 is 20.1 Å². The molecule has 3 aromatic rings. The van der Waals surface area contributed by atoms with Gasteiger partial charge in [0.25, 0.3) is 5.91 Å². The topological polar surface area (TPSA) is 85.4 Å². The third kappa shape index (κ3) is 3.47. The van der Waals surface area contributed by atoms with Crippen LogP contribution in [-0.2, 0) is 0 Å². The normalized spacial score (nSPS) is 11.9. The largest absolute Gasteiger partial charge is 0.454 e. The van der Waals surface area contributed by atoms with Gasteiger partial charge in [-0.15, -0.1) is 10.2 Å². The summed E-state index contributed by atoms with van der Waals surface area (Å²) in [4.78, 5) is 12.3. The fourth-order valence-corrected chi connectivity index (χ4v) is 2.44. The van der Waals surface area contributed by atoms with Crippen LogP contribution in [0.15, 0.2) is 48.5 Å². The van der Waals surface area contributed by atoms with Gasteiger partial charge < -0.3 is 20.1 Å². The van der Waals surface area contributed by atoms with Crippen molar-refractivity contribution in [2.45, 2.75) is 0 Å². The van der Waals surface area contributed by atoms with Gasteiger partial charge in [-0.1, -0.05) is 6.07 Å². The SMILES string of the molecule is O=C(Nc1ccc(Nc2c(F)cccc2F)nn1)c1ccc2c(c1)OCO2. The van der Waals surface area contributed by atoms with Crippen molar-refractivity contribution >= 4 is 23.2 Å². The summed E-state index contributed by atoms with van der Waals surface area (Å²) in [5.41, 5.74) is 0.0284. The second kappa shape index (κ2) is 6.87. The molecule has 0 radical (unpaired) electrons. The maximum Gasteiger partial charge on any atom is 0.257 e. The molecule has 0 saturated carbocycles. The summed E-state index contributed by atoms with van der Waals surface area (Å²) in [5, 5.41) is 12.7. The van der Waals surface area contributed by atoms with Crippen molar-refractivity contribution in [2.24, 2.45) is 0 Å². The molecule has 1 aliphatic heterocycles. The van der Waals surface area contributed by atoms with Crippen LogP contribution in [0.25, 0.3) is 0 Å². The third-order valence-corrected chi connectivity index (χ3v) is 3.76. The summed E-state index contributed by atoms with van der Waals surface area (Å²) >= 11 is 0. The average molecular weight is 370 g/mol. The van der Waals surface area contributed by atoms with Crippen molar-refractivity contribution in [1.29, 1.82) is 0 Å². The molecular weight excluding hydrogens is 358 g/mol. The molecule has 0 fully saturated rings. The Hall–Kier alpha value is -3.75. The number of carbonyl (C=O) groups excluding carboxylic acids is 1. The van der Waals surface area contributed by atoms with E-state index < -0.39 is 17.5 Å². The molecular formula is C18H12F2N4O3. The van der Waals surface area contributed by atoms with E-state index in [9.17, 15) is 13.6 Å². The number of aromatic nitrogens is 2. The number of nitrogens with one attached hydrogen (secondary N) is 2. The van der Waals surface area contributed by atoms with E-state index in [4.69, 9.17) is 9.47 Å². The van der Waals surface area contributed by atoms with E-state index in [-0.39, 0.29) is 24.1 Å². The summed E-state index contributed by atoms with van der Waals surface area (Å²) in [6.07, 6.45) is 0. The second-order valence-corrected chi connectivity index (χ2v) is 5.55. The third-order valence-electron chi connectivity index (χ3n) is 3.76. The molecule has 2 N–H and O–H groups in total. The molecule has 0 bridgehead atoms. The summed E-state index contributed by atoms with van der Waals surface area (Å²) < 4.78 is 37.7. The minimum atomic E-state index is -0.753. The molecule has 0 spiro atoms. The van der Waals surface area contributed by atoms with Gasteiger partial charge in [0.15, 0.2) is 23.1 Å². The lowest BCUT2D eigenvalue weighted by atomic mass is 10.2. The Morgan fingerprint density at radius 1 is 0.926 bits per heavy atom. The van der Waals surface area contributed by atoms with Crippen molar-refractivity contribution in [2.75, 3.05) is 17.4 Å². The molecule has 0 unspecified atom stereocenters. The number of rotatable bonds is 4. The average Bonchev–Trinajstić information content (AvgIpc) is 3.14. The van der Waals surface area contributed by atoms with Crippen LogP contribution in [0.4, 0.5) is 26.1 Å². The molecule has 1 amide bonds. The van der Waals surface area contributed by atoms with Crippen molar-refractivity contribution in [1.82, 2.24) is 10.2 Å². The maximum absolute atomic E-state index is 13.6. The lowest BCUT2D eigenvalue weighted by Gasteiger charge is -2.08. The lowest BCUT2D eigenvalue weighted by Crippen LogP contribution is -2.13. The number of fused-ring (bicyclic) bond motifs is 1. The number of amides is 1. The predicted octanol–water partition coefficient (Wildman–Crippen LogP) is 3.48. The number of benzene rings is 2. The number of hydrogen-bond donors (Lipinski definition) is 2. The molecule has 0 atom stereocenters. The number of para-hydroxylation sites is 1. The first-order chi connectivity index (χ1) is 13.1. The monoisotopic (exact) mass is 370 g/mol. The Balaban J connectivity index is 1.45. The van der Waals surface area contributed by atoms with Gasteiger partial charge in [0, 0.05) is 5.56 Å². The van der Waals surface area contributed by atoms with Gasteiger partial charge in [-0.3, -0.25) is 4.79 Å². The Bertz CT molecular complexity index is 992. The molecule has 1 aliphatic rings. The van der Waals surface area contributed by atoms with E-state index >= 15 is 0 Å². The van der Waals surface area contributed by atoms with Gasteiger partial charge in [-0.25, -0.2) is 8.78 Å². The van der Waals surface area contributed by atoms with Crippen molar-refractivity contribution < 1.29 is 23.0 Å². The summed E-state index contributed by atoms with van der Waals surface area (Å²) in [7, 11) is 0. The summed E-state index contributed by atoms with van der Waals surface area (Å²) in [6, 6.07) is 11.2. The molecule has 0 saturated heterocycles. The second-order valence-electron chi connectivity index (χ2n) is 5.55. The molecule has 1 aromatic heterocycles. The lowest BCUT2D eigenvalue weighted by molar-refractivity contribution is 0.102. The van der Waals surface area contributed by atoms with Crippen LogP contribution >= 0.6 is 0 Å². The highest BCUT2D eigenvalue weighted by Crippen LogP contribution is 2.32. The fraction of sp³-hybridized carbons (Fsp3) is 0.0556. The first-order valence-electron chi connectivity index (χ1n) is 7.86. The van der Waals surface area contributed by atoms with Gasteiger partial charge in [0.2, 0.25) is 6.79 Å². The van der Waals surface area contributed by atoms with Crippen molar-refractivity contribution in [3.63, 3.8) is 0 Å². The van der Waals surface area contributed by atoms with Crippen LogP contribution in [0.1, 0.15) is 10.4 Å². The van der Waals surface area contributed by atoms with Crippen LogP contribution in [0, 0.1) is 11.6 Å². The van der Waals surface area contributed by atoms with Crippen molar-refractivity contribution in [3.05, 3.63) is 65.7 Å². The highest BCUT2D eigenvalue weighted by molar-refractivity contribution is 6.04. The Labute approximate surface area is 151 Å². The number of ether oxygens (including phenoxy) is 2. The van der Waals surface area contributed by atoms with E-state index in [0.29, 0.717) is 17.1 Å². The summed E-state index contributed by atoms with van der Waals surface area (Å²) in [6.45, 7) is 0.114. The molecule has 2 heterocycles. The van der Waals surface area contributed by atoms with E-state index in [0.717, 1.165) is 12.1 Å². The van der Waals surface area contributed by atoms with Gasteiger partial charge in [-0.05, 0) is 42.5 Å². The Morgan fingerprint density at radius 2 is 1.63 bits per heavy atom. The summed E-state index contributed by atoms with van der Waals surface area (Å²) in [5.74, 6) is -0.558. The van der Waals surface area contributed by atoms with Gasteiger partial charge in [-0.2, -0.15) is 0 Å². The van der Waals surface area contributed by atoms with Gasteiger partial charge in [0.1, 0.15) is 17.3 Å². The van der Waals surface area contributed by atoms with Crippen molar-refractivity contribution in [3.8, 4) is 11.5 Å². The number of carbonyl (C=O) groups is 1. The molecule has 2 aromatic carbocycles. The zero-order valence-electron chi connectivity index (χ0n) is 13.7. The predicted molar refractivity (Wildman–Crippen MR) is 92.2 cm³/mol. The number of hydrogen-bond acceptors (Lipinski definition) is 6. The molecule has 4 rings (SSSR count). The standard InChI is InChI=1S/C18H12F2N4O3/c19-11-2-1-3-12(20)17(11)21-15-6-7-16(24-23-15)22-18(25)10-4-5-13-14(8-10)27-9-26-13/h1-8H,9H2,(H,21,23)(H,22,24,25). The van der Waals surface area contributed by atoms with Gasteiger partial charge >= 0.3 is 0 Å². The maximum atomic E-state index is 13.6. The number of anilines is 3. The highest BCUT2D eigenvalue weighted by atomic mass is 19.1. The zero-order valence-corrected chi connectivity index (χ0v) is 13.7. The minimum Gasteiger partial charge on any atom is -0.454 e. The number of nitrogens with zero attached hydrogens (tertiary/aromatic N) is 2. The number of halogens is 2. The molecule has 136 valence electrons. The van der Waals surface area contributed by atoms with E-state index in [1.165, 1.54) is 18.2 Å². The smallest absolute Gasteiger partial charge is 0.257 e. The molecule has 9 heteroatoms. The first kappa shape index (κ1) is 16.7. The minimum absolute atomic E-state index is 0.114. The van der Waals surface area contributed by atoms with Crippen LogP contribution in [0.5, 0.6) is 11.5 Å². The van der Waals surface area contributed by atoms with E-state index in [2.05, 4.69) is 20.8 Å². The Morgan fingerprint density at radius 3 is 2.37 bits per heavy atom. The van der Waals surface area contributed by atoms with Crippen LogP contribution in [0.2, 0.25) is 0 Å². The molecule has 0 aliphatic carbocycles. The Kier molecular flexibility index (Phi) is 4.25. The van der Waals surface area contributed by atoms with E-state index in [1.54, 1.807) is 18.2 Å². The van der Waals surface area contributed by atoms with Crippen LogP contribution in [0.3, 0.4) is 0 Å². The van der Waals surface area contributed by atoms with Gasteiger partial charge in [0.05, 0.1) is 0 Å². The first-order valence-corrected chi connectivity index (χ1v) is 7.86. The van der Waals surface area contributed by atoms with E-state index in [1.807, 2.05) is 0 Å². The quantitative estimate of drug-likeness (QED) is 0.731. The van der Waals surface area contributed by atoms with Crippen LogP contribution in [-0.4, -0.2) is 22.9 Å². The fourth-order valence-electron chi connectivity index (χ4n) is 2.44. The molecule has 7 nitrogen and oxygen atoms in total. The zero-order chi connectivity index (χ0) is 18.8. The molecule has 27 heavy (non-hydrogen) atoms. The highest BCUT2D eigenvalue weighted by Gasteiger charge is 2.17.